The lowest BCUT2D eigenvalue weighted by Crippen LogP contribution is -2.24. The Morgan fingerprint density at radius 1 is 1.11 bits per heavy atom. The largest absolute Gasteiger partial charge is 0.493 e. The summed E-state index contributed by atoms with van der Waals surface area (Å²) >= 11 is 0. The van der Waals surface area contributed by atoms with Crippen molar-refractivity contribution in [2.75, 3.05) is 14.2 Å². The highest BCUT2D eigenvalue weighted by molar-refractivity contribution is 5.81. The van der Waals surface area contributed by atoms with E-state index < -0.39 is 0 Å². The topological polar surface area (TPSA) is 82.5 Å². The smallest absolute Gasteiger partial charge is 0.261 e. The maximum absolute atomic E-state index is 12.7. The van der Waals surface area contributed by atoms with E-state index >= 15 is 0 Å². The maximum Gasteiger partial charge on any atom is 0.261 e. The number of ether oxygens (including phenoxy) is 2. The van der Waals surface area contributed by atoms with Gasteiger partial charge >= 0.3 is 0 Å². The van der Waals surface area contributed by atoms with E-state index in [1.807, 2.05) is 30.3 Å². The van der Waals surface area contributed by atoms with E-state index in [0.717, 1.165) is 5.56 Å². The lowest BCUT2D eigenvalue weighted by molar-refractivity contribution is -0.121. The van der Waals surface area contributed by atoms with Crippen molar-refractivity contribution in [1.29, 1.82) is 0 Å². The van der Waals surface area contributed by atoms with Crippen LogP contribution in [0.25, 0.3) is 10.9 Å². The summed E-state index contributed by atoms with van der Waals surface area (Å²) in [6, 6.07) is 13.0. The molecule has 7 heteroatoms. The van der Waals surface area contributed by atoms with Crippen molar-refractivity contribution in [1.82, 2.24) is 14.9 Å². The predicted molar refractivity (Wildman–Crippen MR) is 107 cm³/mol. The number of hydrogen-bond donors (Lipinski definition) is 1. The van der Waals surface area contributed by atoms with Crippen molar-refractivity contribution < 1.29 is 14.3 Å². The summed E-state index contributed by atoms with van der Waals surface area (Å²) in [6.45, 7) is 0.910. The molecular formula is C21H23N3O4. The monoisotopic (exact) mass is 381 g/mol. The van der Waals surface area contributed by atoms with Crippen LogP contribution in [0.1, 0.15) is 18.4 Å². The van der Waals surface area contributed by atoms with Gasteiger partial charge in [-0.15, -0.1) is 0 Å². The predicted octanol–water partition coefficient (Wildman–Crippen LogP) is 2.51. The Morgan fingerprint density at radius 2 is 1.82 bits per heavy atom. The number of carbonyl (C=O) groups excluding carboxylic acids is 1. The third-order valence-corrected chi connectivity index (χ3v) is 4.46. The van der Waals surface area contributed by atoms with Crippen LogP contribution in [0, 0.1) is 0 Å². The molecule has 0 fully saturated rings. The molecule has 0 saturated carbocycles. The first-order valence-corrected chi connectivity index (χ1v) is 9.04. The Hall–Kier alpha value is -3.35. The van der Waals surface area contributed by atoms with Crippen LogP contribution < -0.4 is 20.3 Å². The highest BCUT2D eigenvalue weighted by Gasteiger charge is 2.11. The molecule has 0 spiro atoms. The van der Waals surface area contributed by atoms with E-state index in [9.17, 15) is 9.59 Å². The van der Waals surface area contributed by atoms with Gasteiger partial charge in [0.25, 0.3) is 5.56 Å². The van der Waals surface area contributed by atoms with Crippen LogP contribution in [0.5, 0.6) is 11.5 Å². The normalized spacial score (nSPS) is 10.6. The van der Waals surface area contributed by atoms with Crippen molar-refractivity contribution in [2.24, 2.45) is 0 Å². The fourth-order valence-corrected chi connectivity index (χ4v) is 2.94. The van der Waals surface area contributed by atoms with Gasteiger partial charge in [0.15, 0.2) is 11.5 Å². The van der Waals surface area contributed by atoms with Gasteiger partial charge in [-0.2, -0.15) is 0 Å². The number of hydrogen-bond acceptors (Lipinski definition) is 5. The lowest BCUT2D eigenvalue weighted by atomic mass is 10.2. The fraction of sp³-hybridized carbons (Fsp3) is 0.286. The number of rotatable bonds is 8. The molecule has 0 radical (unpaired) electrons. The second kappa shape index (κ2) is 9.03. The Morgan fingerprint density at radius 3 is 2.54 bits per heavy atom. The van der Waals surface area contributed by atoms with Gasteiger partial charge in [-0.1, -0.05) is 30.3 Å². The van der Waals surface area contributed by atoms with Crippen molar-refractivity contribution >= 4 is 16.8 Å². The number of benzene rings is 2. The van der Waals surface area contributed by atoms with Crippen molar-refractivity contribution in [3.05, 3.63) is 64.7 Å². The zero-order valence-corrected chi connectivity index (χ0v) is 16.0. The van der Waals surface area contributed by atoms with E-state index in [2.05, 4.69) is 10.3 Å². The third-order valence-electron chi connectivity index (χ3n) is 4.46. The number of aryl methyl sites for hydroxylation is 1. The standard InChI is InChI=1S/C21H23N3O4/c1-27-18-11-16-17(12-19(18)28-2)23-14-24(21(16)26)10-6-9-20(25)22-13-15-7-4-3-5-8-15/h3-5,7-8,11-12,14H,6,9-10,13H2,1-2H3,(H,22,25). The van der Waals surface area contributed by atoms with Gasteiger partial charge < -0.3 is 14.8 Å². The highest BCUT2D eigenvalue weighted by Crippen LogP contribution is 2.29. The van der Waals surface area contributed by atoms with E-state index in [-0.39, 0.29) is 11.5 Å². The molecule has 1 amide bonds. The van der Waals surface area contributed by atoms with Gasteiger partial charge in [0.05, 0.1) is 31.4 Å². The van der Waals surface area contributed by atoms with Crippen LogP contribution in [0.4, 0.5) is 0 Å². The van der Waals surface area contributed by atoms with Gasteiger partial charge in [0, 0.05) is 25.6 Å². The molecule has 0 saturated heterocycles. The van der Waals surface area contributed by atoms with Crippen LogP contribution in [0.3, 0.4) is 0 Å². The van der Waals surface area contributed by atoms with E-state index in [0.29, 0.717) is 48.3 Å². The number of amides is 1. The van der Waals surface area contributed by atoms with Crippen molar-refractivity contribution in [2.45, 2.75) is 25.9 Å². The molecule has 0 aliphatic rings. The molecule has 1 N–H and O–H groups in total. The highest BCUT2D eigenvalue weighted by atomic mass is 16.5. The summed E-state index contributed by atoms with van der Waals surface area (Å²) in [7, 11) is 3.06. The molecule has 0 unspecified atom stereocenters. The zero-order valence-electron chi connectivity index (χ0n) is 16.0. The number of fused-ring (bicyclic) bond motifs is 1. The van der Waals surface area contributed by atoms with Crippen LogP contribution >= 0.6 is 0 Å². The van der Waals surface area contributed by atoms with Crippen molar-refractivity contribution in [3.8, 4) is 11.5 Å². The van der Waals surface area contributed by atoms with Gasteiger partial charge in [0.2, 0.25) is 5.91 Å². The molecule has 0 atom stereocenters. The first kappa shape index (κ1) is 19.4. The minimum absolute atomic E-state index is 0.0444. The second-order valence-electron chi connectivity index (χ2n) is 6.33. The maximum atomic E-state index is 12.7. The summed E-state index contributed by atoms with van der Waals surface area (Å²) in [4.78, 5) is 29.0. The van der Waals surface area contributed by atoms with E-state index in [1.165, 1.54) is 25.1 Å². The second-order valence-corrected chi connectivity index (χ2v) is 6.33. The molecule has 3 rings (SSSR count). The average Bonchev–Trinajstić information content (AvgIpc) is 2.73. The number of aromatic nitrogens is 2. The zero-order chi connectivity index (χ0) is 19.9. The number of carbonyl (C=O) groups is 1. The first-order chi connectivity index (χ1) is 13.6. The molecule has 0 aliphatic carbocycles. The molecule has 28 heavy (non-hydrogen) atoms. The van der Waals surface area contributed by atoms with E-state index in [4.69, 9.17) is 9.47 Å². The molecule has 2 aromatic carbocycles. The molecular weight excluding hydrogens is 358 g/mol. The third kappa shape index (κ3) is 4.49. The van der Waals surface area contributed by atoms with Crippen LogP contribution in [0.15, 0.2) is 53.6 Å². The molecule has 146 valence electrons. The van der Waals surface area contributed by atoms with Crippen LogP contribution in [0.2, 0.25) is 0 Å². The van der Waals surface area contributed by atoms with Gasteiger partial charge in [-0.05, 0) is 18.1 Å². The minimum Gasteiger partial charge on any atom is -0.493 e. The van der Waals surface area contributed by atoms with Gasteiger partial charge in [-0.3, -0.25) is 14.2 Å². The number of methoxy groups -OCH3 is 2. The van der Waals surface area contributed by atoms with Crippen LogP contribution in [-0.4, -0.2) is 29.7 Å². The van der Waals surface area contributed by atoms with Gasteiger partial charge in [0.1, 0.15) is 0 Å². The molecule has 1 heterocycles. The van der Waals surface area contributed by atoms with E-state index in [1.54, 1.807) is 12.1 Å². The molecule has 0 bridgehead atoms. The summed E-state index contributed by atoms with van der Waals surface area (Å²) < 4.78 is 12.0. The molecule has 3 aromatic rings. The average molecular weight is 381 g/mol. The summed E-state index contributed by atoms with van der Waals surface area (Å²) in [5.74, 6) is 0.957. The van der Waals surface area contributed by atoms with Crippen molar-refractivity contribution in [3.63, 3.8) is 0 Å². The summed E-state index contributed by atoms with van der Waals surface area (Å²) in [5.41, 5.74) is 1.42. The quantitative estimate of drug-likeness (QED) is 0.648. The first-order valence-electron chi connectivity index (χ1n) is 9.04. The Bertz CT molecular complexity index is 1020. The molecule has 1 aromatic heterocycles. The minimum atomic E-state index is -0.171. The van der Waals surface area contributed by atoms with Gasteiger partial charge in [-0.25, -0.2) is 4.98 Å². The Kier molecular flexibility index (Phi) is 6.26. The lowest BCUT2D eigenvalue weighted by Gasteiger charge is -2.10. The number of nitrogens with one attached hydrogen (secondary N) is 1. The fourth-order valence-electron chi connectivity index (χ4n) is 2.94. The summed E-state index contributed by atoms with van der Waals surface area (Å²) in [6.07, 6.45) is 2.38. The molecule has 0 aliphatic heterocycles. The SMILES string of the molecule is COc1cc2ncn(CCCC(=O)NCc3ccccc3)c(=O)c2cc1OC. The summed E-state index contributed by atoms with van der Waals surface area (Å²) in [5, 5.41) is 3.34. The van der Waals surface area contributed by atoms with Crippen LogP contribution in [-0.2, 0) is 17.9 Å². The number of nitrogens with zero attached hydrogens (tertiary/aromatic N) is 2. The Balaban J connectivity index is 1.62. The molecule has 7 nitrogen and oxygen atoms in total. The Labute approximate surface area is 162 Å².